The third-order valence-corrected chi connectivity index (χ3v) is 5.28. The van der Waals surface area contributed by atoms with E-state index in [9.17, 15) is 12.8 Å². The average Bonchev–Trinajstić information content (AvgIpc) is 2.42. The highest BCUT2D eigenvalue weighted by molar-refractivity contribution is 7.89. The first-order chi connectivity index (χ1) is 9.82. The van der Waals surface area contributed by atoms with Crippen molar-refractivity contribution in [1.82, 2.24) is 9.21 Å². The molecule has 0 fully saturated rings. The lowest BCUT2D eigenvalue weighted by Crippen LogP contribution is -2.37. The standard InChI is InChI=1S/C14H22ClFN2O2S/c1-4-7-18(9-8-17(2)3)21(19,20)14-6-5-12(11-15)10-13(14)16/h5-6,10H,4,7-9,11H2,1-3H3. The molecule has 0 spiro atoms. The lowest BCUT2D eigenvalue weighted by Gasteiger charge is -2.23. The molecule has 0 atom stereocenters. The number of likely N-dealkylation sites (N-methyl/N-ethyl adjacent to an activating group) is 1. The van der Waals surface area contributed by atoms with Crippen LogP contribution in [0.3, 0.4) is 0 Å². The van der Waals surface area contributed by atoms with Crippen molar-refractivity contribution in [3.63, 3.8) is 0 Å². The maximum absolute atomic E-state index is 14.1. The van der Waals surface area contributed by atoms with Gasteiger partial charge < -0.3 is 4.90 Å². The van der Waals surface area contributed by atoms with Crippen LogP contribution in [0.1, 0.15) is 18.9 Å². The predicted molar refractivity (Wildman–Crippen MR) is 83.6 cm³/mol. The molecule has 0 aliphatic carbocycles. The van der Waals surface area contributed by atoms with E-state index < -0.39 is 15.8 Å². The van der Waals surface area contributed by atoms with Crippen molar-refractivity contribution in [1.29, 1.82) is 0 Å². The maximum atomic E-state index is 14.1. The van der Waals surface area contributed by atoms with E-state index in [4.69, 9.17) is 11.6 Å². The monoisotopic (exact) mass is 336 g/mol. The highest BCUT2D eigenvalue weighted by Crippen LogP contribution is 2.21. The molecule has 0 radical (unpaired) electrons. The Morgan fingerprint density at radius 1 is 1.19 bits per heavy atom. The van der Waals surface area contributed by atoms with Crippen LogP contribution in [0.2, 0.25) is 0 Å². The van der Waals surface area contributed by atoms with Crippen LogP contribution in [-0.2, 0) is 15.9 Å². The van der Waals surface area contributed by atoms with E-state index >= 15 is 0 Å². The van der Waals surface area contributed by atoms with E-state index in [1.807, 2.05) is 25.9 Å². The molecule has 4 nitrogen and oxygen atoms in total. The van der Waals surface area contributed by atoms with Crippen molar-refractivity contribution >= 4 is 21.6 Å². The number of benzene rings is 1. The fraction of sp³-hybridized carbons (Fsp3) is 0.571. The molecule has 0 bridgehead atoms. The number of hydrogen-bond acceptors (Lipinski definition) is 3. The number of nitrogens with zero attached hydrogens (tertiary/aromatic N) is 2. The van der Waals surface area contributed by atoms with Gasteiger partial charge >= 0.3 is 0 Å². The molecule has 0 saturated carbocycles. The van der Waals surface area contributed by atoms with Crippen LogP contribution in [-0.4, -0.2) is 51.4 Å². The third kappa shape index (κ3) is 4.92. The molecule has 1 aromatic rings. The Morgan fingerprint density at radius 2 is 1.86 bits per heavy atom. The molecule has 1 aromatic carbocycles. The minimum Gasteiger partial charge on any atom is -0.308 e. The van der Waals surface area contributed by atoms with Gasteiger partial charge in [-0.25, -0.2) is 12.8 Å². The second-order valence-corrected chi connectivity index (χ2v) is 7.28. The van der Waals surface area contributed by atoms with Crippen LogP contribution in [0.5, 0.6) is 0 Å². The second-order valence-electron chi connectivity index (χ2n) is 5.11. The van der Waals surface area contributed by atoms with Gasteiger partial charge in [0.1, 0.15) is 10.7 Å². The van der Waals surface area contributed by atoms with Crippen LogP contribution >= 0.6 is 11.6 Å². The lowest BCUT2D eigenvalue weighted by atomic mass is 10.2. The molecule has 1 rings (SSSR count). The zero-order chi connectivity index (χ0) is 16.0. The first-order valence-corrected chi connectivity index (χ1v) is 8.79. The van der Waals surface area contributed by atoms with Crippen LogP contribution < -0.4 is 0 Å². The van der Waals surface area contributed by atoms with Gasteiger partial charge in [-0.1, -0.05) is 13.0 Å². The summed E-state index contributed by atoms with van der Waals surface area (Å²) in [5.41, 5.74) is 0.559. The molecular formula is C14H22ClFN2O2S. The van der Waals surface area contributed by atoms with E-state index in [0.717, 1.165) is 0 Å². The molecule has 0 aliphatic heterocycles. The quantitative estimate of drug-likeness (QED) is 0.685. The van der Waals surface area contributed by atoms with Crippen molar-refractivity contribution in [2.45, 2.75) is 24.1 Å². The third-order valence-electron chi connectivity index (χ3n) is 3.04. The van der Waals surface area contributed by atoms with Crippen LogP contribution in [0.4, 0.5) is 4.39 Å². The summed E-state index contributed by atoms with van der Waals surface area (Å²) in [5.74, 6) is -0.601. The number of alkyl halides is 1. The molecule has 0 saturated heterocycles. The number of rotatable bonds is 8. The second kappa shape index (κ2) is 8.08. The summed E-state index contributed by atoms with van der Waals surface area (Å²) in [4.78, 5) is 1.61. The summed E-state index contributed by atoms with van der Waals surface area (Å²) in [5, 5.41) is 0. The highest BCUT2D eigenvalue weighted by atomic mass is 35.5. The van der Waals surface area contributed by atoms with Gasteiger partial charge in [-0.05, 0) is 38.2 Å². The molecule has 0 N–H and O–H groups in total. The van der Waals surface area contributed by atoms with Gasteiger partial charge in [-0.3, -0.25) is 0 Å². The van der Waals surface area contributed by atoms with E-state index in [2.05, 4.69) is 0 Å². The first kappa shape index (κ1) is 18.4. The molecule has 0 aromatic heterocycles. The normalized spacial score (nSPS) is 12.3. The fourth-order valence-electron chi connectivity index (χ4n) is 1.89. The minimum atomic E-state index is -3.83. The molecule has 0 aliphatic rings. The highest BCUT2D eigenvalue weighted by Gasteiger charge is 2.26. The summed E-state index contributed by atoms with van der Waals surface area (Å²) < 4.78 is 40.6. The van der Waals surface area contributed by atoms with Gasteiger partial charge in [0.25, 0.3) is 0 Å². The summed E-state index contributed by atoms with van der Waals surface area (Å²) in [7, 11) is -0.0907. The maximum Gasteiger partial charge on any atom is 0.246 e. The number of halogens is 2. The van der Waals surface area contributed by atoms with Gasteiger partial charge in [0.05, 0.1) is 0 Å². The summed E-state index contributed by atoms with van der Waals surface area (Å²) in [6.45, 7) is 3.18. The number of hydrogen-bond donors (Lipinski definition) is 0. The molecule has 0 unspecified atom stereocenters. The topological polar surface area (TPSA) is 40.6 Å². The number of sulfonamides is 1. The SMILES string of the molecule is CCCN(CCN(C)C)S(=O)(=O)c1ccc(CCl)cc1F. The molecule has 0 amide bonds. The van der Waals surface area contributed by atoms with Crippen molar-refractivity contribution in [2.24, 2.45) is 0 Å². The van der Waals surface area contributed by atoms with E-state index in [1.54, 1.807) is 6.07 Å². The van der Waals surface area contributed by atoms with Gasteiger partial charge in [-0.15, -0.1) is 11.6 Å². The van der Waals surface area contributed by atoms with Gasteiger partial charge in [-0.2, -0.15) is 4.31 Å². The Labute approximate surface area is 131 Å². The Kier molecular flexibility index (Phi) is 7.06. The zero-order valence-electron chi connectivity index (χ0n) is 12.6. The van der Waals surface area contributed by atoms with Crippen molar-refractivity contribution in [3.05, 3.63) is 29.6 Å². The van der Waals surface area contributed by atoms with E-state index in [-0.39, 0.29) is 10.8 Å². The fourth-order valence-corrected chi connectivity index (χ4v) is 3.62. The van der Waals surface area contributed by atoms with Crippen LogP contribution in [0.25, 0.3) is 0 Å². The summed E-state index contributed by atoms with van der Waals surface area (Å²) in [6, 6.07) is 4.01. The van der Waals surface area contributed by atoms with Crippen molar-refractivity contribution < 1.29 is 12.8 Å². The van der Waals surface area contributed by atoms with Crippen molar-refractivity contribution in [3.8, 4) is 0 Å². The average molecular weight is 337 g/mol. The Morgan fingerprint density at radius 3 is 2.33 bits per heavy atom. The molecular weight excluding hydrogens is 315 g/mol. The Bertz CT molecular complexity index is 564. The van der Waals surface area contributed by atoms with E-state index in [1.165, 1.54) is 16.4 Å². The Balaban J connectivity index is 3.10. The zero-order valence-corrected chi connectivity index (χ0v) is 14.2. The molecule has 7 heteroatoms. The van der Waals surface area contributed by atoms with Gasteiger partial charge in [0, 0.05) is 25.5 Å². The smallest absolute Gasteiger partial charge is 0.246 e. The van der Waals surface area contributed by atoms with Crippen LogP contribution in [0.15, 0.2) is 23.1 Å². The molecule has 0 heterocycles. The minimum absolute atomic E-state index is 0.149. The largest absolute Gasteiger partial charge is 0.308 e. The lowest BCUT2D eigenvalue weighted by molar-refractivity contribution is 0.332. The van der Waals surface area contributed by atoms with Gasteiger partial charge in [0.15, 0.2) is 0 Å². The Hall–Kier alpha value is -0.690. The molecule has 120 valence electrons. The van der Waals surface area contributed by atoms with Gasteiger partial charge in [0.2, 0.25) is 10.0 Å². The summed E-state index contributed by atoms with van der Waals surface area (Å²) >= 11 is 5.63. The first-order valence-electron chi connectivity index (χ1n) is 6.82. The van der Waals surface area contributed by atoms with Crippen molar-refractivity contribution in [2.75, 3.05) is 33.7 Å². The van der Waals surface area contributed by atoms with E-state index in [0.29, 0.717) is 31.6 Å². The summed E-state index contributed by atoms with van der Waals surface area (Å²) in [6.07, 6.45) is 0.675. The molecule has 21 heavy (non-hydrogen) atoms. The predicted octanol–water partition coefficient (Wildman–Crippen LogP) is 2.53. The van der Waals surface area contributed by atoms with Crippen LogP contribution in [0, 0.1) is 5.82 Å².